The highest BCUT2D eigenvalue weighted by Crippen LogP contribution is 2.14. The first-order chi connectivity index (χ1) is 9.10. The normalized spacial score (nSPS) is 9.95. The molecule has 0 unspecified atom stereocenters. The predicted molar refractivity (Wildman–Crippen MR) is 76.8 cm³/mol. The van der Waals surface area contributed by atoms with E-state index in [0.717, 1.165) is 11.1 Å². The van der Waals surface area contributed by atoms with Gasteiger partial charge in [-0.25, -0.2) is 0 Å². The summed E-state index contributed by atoms with van der Waals surface area (Å²) in [5.41, 5.74) is 2.35. The maximum atomic E-state index is 12.0. The topological polar surface area (TPSA) is 46.9 Å². The second-order valence-electron chi connectivity index (χ2n) is 4.14. The molecule has 1 aromatic carbocycles. The lowest BCUT2D eigenvalue weighted by Crippen LogP contribution is -2.12. The third kappa shape index (κ3) is 2.98. The van der Waals surface area contributed by atoms with Gasteiger partial charge in [0.1, 0.15) is 0 Å². The highest BCUT2D eigenvalue weighted by atomic mass is 16.1. The van der Waals surface area contributed by atoms with Crippen LogP contribution < -0.4 is 5.32 Å². The van der Waals surface area contributed by atoms with Gasteiger partial charge in [-0.3, -0.25) is 9.48 Å². The van der Waals surface area contributed by atoms with E-state index in [-0.39, 0.29) is 5.91 Å². The van der Waals surface area contributed by atoms with Gasteiger partial charge in [-0.1, -0.05) is 31.4 Å². The van der Waals surface area contributed by atoms with E-state index in [0.29, 0.717) is 11.4 Å². The molecule has 0 aliphatic heterocycles. The summed E-state index contributed by atoms with van der Waals surface area (Å²) in [4.78, 5) is 12.0. The summed E-state index contributed by atoms with van der Waals surface area (Å²) in [6.07, 6.45) is 3.45. The minimum atomic E-state index is -0.186. The Hall–Kier alpha value is -2.62. The van der Waals surface area contributed by atoms with Crippen molar-refractivity contribution in [2.24, 2.45) is 7.05 Å². The minimum absolute atomic E-state index is 0.186. The lowest BCUT2D eigenvalue weighted by Gasteiger charge is -2.04. The highest BCUT2D eigenvalue weighted by molar-refractivity contribution is 6.03. The first kappa shape index (κ1) is 12.8. The Morgan fingerprint density at radius 3 is 2.42 bits per heavy atom. The van der Waals surface area contributed by atoms with E-state index in [4.69, 9.17) is 0 Å². The zero-order chi connectivity index (χ0) is 13.8. The van der Waals surface area contributed by atoms with E-state index in [2.05, 4.69) is 23.6 Å². The molecule has 0 saturated heterocycles. The van der Waals surface area contributed by atoms with Crippen molar-refractivity contribution < 1.29 is 4.79 Å². The van der Waals surface area contributed by atoms with E-state index >= 15 is 0 Å². The van der Waals surface area contributed by atoms with Gasteiger partial charge < -0.3 is 5.32 Å². The Morgan fingerprint density at radius 1 is 1.26 bits per heavy atom. The fourth-order valence-electron chi connectivity index (χ4n) is 1.62. The van der Waals surface area contributed by atoms with Crippen LogP contribution in [0.25, 0.3) is 5.57 Å². The van der Waals surface area contributed by atoms with Crippen molar-refractivity contribution in [2.45, 2.75) is 0 Å². The third-order valence-corrected chi connectivity index (χ3v) is 2.72. The quantitative estimate of drug-likeness (QED) is 0.852. The number of hydrogen-bond donors (Lipinski definition) is 1. The SMILES string of the molecule is C=CC(=C)c1ccc(C(=O)Nc2ccn(C)n2)cc1. The van der Waals surface area contributed by atoms with Crippen LogP contribution in [0.2, 0.25) is 0 Å². The molecule has 0 saturated carbocycles. The van der Waals surface area contributed by atoms with Crippen LogP contribution in [0.4, 0.5) is 5.82 Å². The van der Waals surface area contributed by atoms with Crippen LogP contribution in [0.5, 0.6) is 0 Å². The zero-order valence-electron chi connectivity index (χ0n) is 10.8. The maximum Gasteiger partial charge on any atom is 0.256 e. The number of allylic oxidation sites excluding steroid dienone is 2. The Bertz CT molecular complexity index is 623. The smallest absolute Gasteiger partial charge is 0.256 e. The average Bonchev–Trinajstić information content (AvgIpc) is 2.83. The Balaban J connectivity index is 2.11. The third-order valence-electron chi connectivity index (χ3n) is 2.72. The van der Waals surface area contributed by atoms with Gasteiger partial charge in [-0.05, 0) is 23.3 Å². The van der Waals surface area contributed by atoms with Gasteiger partial charge in [0.15, 0.2) is 5.82 Å². The van der Waals surface area contributed by atoms with Crippen molar-refractivity contribution in [2.75, 3.05) is 5.32 Å². The van der Waals surface area contributed by atoms with Crippen molar-refractivity contribution >= 4 is 17.3 Å². The zero-order valence-corrected chi connectivity index (χ0v) is 10.8. The summed E-state index contributed by atoms with van der Waals surface area (Å²) in [5, 5.41) is 6.82. The summed E-state index contributed by atoms with van der Waals surface area (Å²) in [6, 6.07) is 8.94. The van der Waals surface area contributed by atoms with Gasteiger partial charge in [0, 0.05) is 24.9 Å². The molecule has 1 N–H and O–H groups in total. The molecule has 1 heterocycles. The number of carbonyl (C=O) groups is 1. The minimum Gasteiger partial charge on any atom is -0.305 e. The Labute approximate surface area is 112 Å². The fourth-order valence-corrected chi connectivity index (χ4v) is 1.62. The number of anilines is 1. The summed E-state index contributed by atoms with van der Waals surface area (Å²) in [6.45, 7) is 7.52. The number of amides is 1. The monoisotopic (exact) mass is 253 g/mol. The molecular weight excluding hydrogens is 238 g/mol. The van der Waals surface area contributed by atoms with Gasteiger partial charge in [-0.15, -0.1) is 0 Å². The largest absolute Gasteiger partial charge is 0.305 e. The van der Waals surface area contributed by atoms with E-state index in [1.54, 1.807) is 42.2 Å². The second kappa shape index (κ2) is 5.35. The van der Waals surface area contributed by atoms with Crippen LogP contribution in [0, 0.1) is 0 Å². The molecule has 0 bridgehead atoms. The van der Waals surface area contributed by atoms with Crippen LogP contribution in [0.1, 0.15) is 15.9 Å². The van der Waals surface area contributed by atoms with Crippen LogP contribution in [0.15, 0.2) is 55.8 Å². The van der Waals surface area contributed by atoms with E-state index in [1.165, 1.54) is 0 Å². The molecule has 4 nitrogen and oxygen atoms in total. The van der Waals surface area contributed by atoms with Gasteiger partial charge in [0.25, 0.3) is 5.91 Å². The molecule has 0 fully saturated rings. The molecule has 4 heteroatoms. The fraction of sp³-hybridized carbons (Fsp3) is 0.0667. The molecule has 1 amide bonds. The van der Waals surface area contributed by atoms with Crippen molar-refractivity contribution in [3.63, 3.8) is 0 Å². The summed E-state index contributed by atoms with van der Waals surface area (Å²) in [7, 11) is 1.80. The van der Waals surface area contributed by atoms with Crippen molar-refractivity contribution in [3.8, 4) is 0 Å². The summed E-state index contributed by atoms with van der Waals surface area (Å²) >= 11 is 0. The lowest BCUT2D eigenvalue weighted by molar-refractivity contribution is 0.102. The van der Waals surface area contributed by atoms with Gasteiger partial charge >= 0.3 is 0 Å². The van der Waals surface area contributed by atoms with Crippen LogP contribution >= 0.6 is 0 Å². The number of rotatable bonds is 4. The standard InChI is InChI=1S/C15H15N3O/c1-4-11(2)12-5-7-13(8-6-12)15(19)16-14-9-10-18(3)17-14/h4-10H,1-2H2,3H3,(H,16,17,19). The molecule has 2 aromatic rings. The van der Waals surface area contributed by atoms with Crippen LogP contribution in [0.3, 0.4) is 0 Å². The average molecular weight is 253 g/mol. The number of nitrogens with one attached hydrogen (secondary N) is 1. The summed E-state index contributed by atoms with van der Waals surface area (Å²) < 4.78 is 1.63. The number of benzene rings is 1. The Morgan fingerprint density at radius 2 is 1.89 bits per heavy atom. The summed E-state index contributed by atoms with van der Waals surface area (Å²) in [5.74, 6) is 0.349. The number of carbonyl (C=O) groups excluding carboxylic acids is 1. The number of aryl methyl sites for hydroxylation is 1. The van der Waals surface area contributed by atoms with Crippen LogP contribution in [-0.4, -0.2) is 15.7 Å². The number of aromatic nitrogens is 2. The maximum absolute atomic E-state index is 12.0. The molecule has 0 aliphatic carbocycles. The first-order valence-electron chi connectivity index (χ1n) is 5.83. The highest BCUT2D eigenvalue weighted by Gasteiger charge is 2.07. The lowest BCUT2D eigenvalue weighted by atomic mass is 10.1. The van der Waals surface area contributed by atoms with Gasteiger partial charge in [0.2, 0.25) is 0 Å². The molecule has 0 spiro atoms. The van der Waals surface area contributed by atoms with Crippen molar-refractivity contribution in [1.82, 2.24) is 9.78 Å². The predicted octanol–water partition coefficient (Wildman–Crippen LogP) is 2.87. The molecule has 0 atom stereocenters. The second-order valence-corrected chi connectivity index (χ2v) is 4.14. The first-order valence-corrected chi connectivity index (χ1v) is 5.83. The van der Waals surface area contributed by atoms with Crippen molar-refractivity contribution in [1.29, 1.82) is 0 Å². The van der Waals surface area contributed by atoms with Crippen LogP contribution in [-0.2, 0) is 7.05 Å². The van der Waals surface area contributed by atoms with Gasteiger partial charge in [-0.2, -0.15) is 5.10 Å². The molecule has 96 valence electrons. The molecule has 2 rings (SSSR count). The molecular formula is C15H15N3O. The molecule has 19 heavy (non-hydrogen) atoms. The molecule has 0 aliphatic rings. The van der Waals surface area contributed by atoms with E-state index in [9.17, 15) is 4.79 Å². The number of nitrogens with zero attached hydrogens (tertiary/aromatic N) is 2. The van der Waals surface area contributed by atoms with Crippen molar-refractivity contribution in [3.05, 3.63) is 66.9 Å². The van der Waals surface area contributed by atoms with E-state index < -0.39 is 0 Å². The van der Waals surface area contributed by atoms with E-state index in [1.807, 2.05) is 12.1 Å². The Kier molecular flexibility index (Phi) is 3.61. The van der Waals surface area contributed by atoms with Gasteiger partial charge in [0.05, 0.1) is 0 Å². The molecule has 0 radical (unpaired) electrons. The number of hydrogen-bond acceptors (Lipinski definition) is 2. The molecule has 1 aromatic heterocycles.